The normalized spacial score (nSPS) is 10.2. The Hall–Kier alpha value is -0.510. The van der Waals surface area contributed by atoms with Crippen molar-refractivity contribution >= 4 is 27.5 Å². The molecule has 0 unspecified atom stereocenters. The largest absolute Gasteiger partial charge is 0.492 e. The van der Waals surface area contributed by atoms with E-state index in [9.17, 15) is 0 Å². The number of quaternary nitrogens is 1. The highest BCUT2D eigenvalue weighted by atomic mass is 79.9. The van der Waals surface area contributed by atoms with Gasteiger partial charge in [0.25, 0.3) is 0 Å². The zero-order chi connectivity index (χ0) is 12.5. The summed E-state index contributed by atoms with van der Waals surface area (Å²) < 4.78 is 6.56. The SMILES string of the molecule is C=CC[NH2+]CCCCOc1ccc(Cl)cc1Br. The number of halogens is 2. The Bertz CT molecular complexity index is 357. The van der Waals surface area contributed by atoms with Crippen molar-refractivity contribution in [2.45, 2.75) is 12.8 Å². The molecule has 4 heteroatoms. The molecule has 1 rings (SSSR count). The highest BCUT2D eigenvalue weighted by Gasteiger charge is 2.01. The zero-order valence-corrected chi connectivity index (χ0v) is 12.1. The third-order valence-electron chi connectivity index (χ3n) is 2.29. The number of benzene rings is 1. The van der Waals surface area contributed by atoms with Crippen LogP contribution in [0, 0.1) is 0 Å². The highest BCUT2D eigenvalue weighted by Crippen LogP contribution is 2.27. The van der Waals surface area contributed by atoms with Crippen LogP contribution in [0.4, 0.5) is 0 Å². The molecule has 0 radical (unpaired) electrons. The first kappa shape index (κ1) is 14.6. The maximum Gasteiger partial charge on any atom is 0.133 e. The third-order valence-corrected chi connectivity index (χ3v) is 3.14. The number of nitrogens with two attached hydrogens (primary N) is 1. The van der Waals surface area contributed by atoms with E-state index in [4.69, 9.17) is 16.3 Å². The smallest absolute Gasteiger partial charge is 0.133 e. The maximum absolute atomic E-state index is 5.85. The molecule has 0 spiro atoms. The molecule has 94 valence electrons. The summed E-state index contributed by atoms with van der Waals surface area (Å²) in [6.07, 6.45) is 4.13. The Morgan fingerprint density at radius 1 is 1.41 bits per heavy atom. The fraction of sp³-hybridized carbons (Fsp3) is 0.385. The van der Waals surface area contributed by atoms with Gasteiger partial charge in [0.2, 0.25) is 0 Å². The van der Waals surface area contributed by atoms with Gasteiger partial charge in [-0.3, -0.25) is 0 Å². The zero-order valence-electron chi connectivity index (χ0n) is 9.79. The van der Waals surface area contributed by atoms with Gasteiger partial charge in [-0.25, -0.2) is 0 Å². The van der Waals surface area contributed by atoms with Crippen LogP contribution in [0.3, 0.4) is 0 Å². The minimum Gasteiger partial charge on any atom is -0.492 e. The van der Waals surface area contributed by atoms with Gasteiger partial charge in [0.15, 0.2) is 0 Å². The molecule has 2 N–H and O–H groups in total. The summed E-state index contributed by atoms with van der Waals surface area (Å²) in [6.45, 7) is 6.53. The molecule has 1 aromatic carbocycles. The van der Waals surface area contributed by atoms with Crippen molar-refractivity contribution < 1.29 is 10.1 Å². The van der Waals surface area contributed by atoms with E-state index in [1.165, 1.54) is 0 Å². The number of unbranched alkanes of at least 4 members (excludes halogenated alkanes) is 1. The minimum absolute atomic E-state index is 0.711. The summed E-state index contributed by atoms with van der Waals surface area (Å²) in [4.78, 5) is 0. The maximum atomic E-state index is 5.85. The monoisotopic (exact) mass is 318 g/mol. The third kappa shape index (κ3) is 6.10. The lowest BCUT2D eigenvalue weighted by Gasteiger charge is -2.07. The summed E-state index contributed by atoms with van der Waals surface area (Å²) in [5.74, 6) is 0.851. The van der Waals surface area contributed by atoms with Gasteiger partial charge < -0.3 is 10.1 Å². The molecular weight excluding hydrogens is 302 g/mol. The first-order valence-electron chi connectivity index (χ1n) is 5.74. The Morgan fingerprint density at radius 3 is 2.94 bits per heavy atom. The Morgan fingerprint density at radius 2 is 2.24 bits per heavy atom. The quantitative estimate of drug-likeness (QED) is 0.578. The molecule has 17 heavy (non-hydrogen) atoms. The van der Waals surface area contributed by atoms with Gasteiger partial charge in [-0.2, -0.15) is 0 Å². The summed E-state index contributed by atoms with van der Waals surface area (Å²) in [5, 5.41) is 2.95. The van der Waals surface area contributed by atoms with Gasteiger partial charge in [-0.15, -0.1) is 0 Å². The molecular formula is C13H18BrClNO+. The van der Waals surface area contributed by atoms with E-state index in [1.807, 2.05) is 24.3 Å². The van der Waals surface area contributed by atoms with Crippen LogP contribution in [0.5, 0.6) is 5.75 Å². The van der Waals surface area contributed by atoms with E-state index in [0.717, 1.165) is 42.8 Å². The van der Waals surface area contributed by atoms with E-state index in [-0.39, 0.29) is 0 Å². The summed E-state index contributed by atoms with van der Waals surface area (Å²) in [7, 11) is 0. The van der Waals surface area contributed by atoms with Gasteiger partial charge in [0.05, 0.1) is 24.2 Å². The van der Waals surface area contributed by atoms with E-state index < -0.39 is 0 Å². The summed E-state index contributed by atoms with van der Waals surface area (Å²) in [6, 6.07) is 5.56. The molecule has 0 amide bonds. The molecule has 0 aliphatic heterocycles. The molecule has 0 atom stereocenters. The predicted molar refractivity (Wildman–Crippen MR) is 75.7 cm³/mol. The second-order valence-electron chi connectivity index (χ2n) is 3.73. The minimum atomic E-state index is 0.711. The highest BCUT2D eigenvalue weighted by molar-refractivity contribution is 9.10. The molecule has 0 bridgehead atoms. The number of hydrogen-bond acceptors (Lipinski definition) is 1. The van der Waals surface area contributed by atoms with Crippen LogP contribution in [-0.4, -0.2) is 19.7 Å². The van der Waals surface area contributed by atoms with E-state index >= 15 is 0 Å². The second-order valence-corrected chi connectivity index (χ2v) is 5.02. The van der Waals surface area contributed by atoms with E-state index in [2.05, 4.69) is 27.8 Å². The van der Waals surface area contributed by atoms with Gasteiger partial charge in [0.1, 0.15) is 5.75 Å². The van der Waals surface area contributed by atoms with Crippen LogP contribution in [0.2, 0.25) is 5.02 Å². The second kappa shape index (κ2) is 8.56. The molecule has 2 nitrogen and oxygen atoms in total. The average molecular weight is 320 g/mol. The summed E-state index contributed by atoms with van der Waals surface area (Å²) >= 11 is 9.28. The van der Waals surface area contributed by atoms with Crippen molar-refractivity contribution in [1.82, 2.24) is 0 Å². The van der Waals surface area contributed by atoms with Gasteiger partial charge >= 0.3 is 0 Å². The van der Waals surface area contributed by atoms with Gasteiger partial charge in [-0.05, 0) is 53.0 Å². The number of hydrogen-bond donors (Lipinski definition) is 1. The van der Waals surface area contributed by atoms with Crippen LogP contribution in [-0.2, 0) is 0 Å². The molecule has 0 saturated carbocycles. The number of rotatable bonds is 8. The Balaban J connectivity index is 2.15. The lowest BCUT2D eigenvalue weighted by atomic mass is 10.3. The van der Waals surface area contributed by atoms with Crippen LogP contribution in [0.15, 0.2) is 35.3 Å². The fourth-order valence-electron chi connectivity index (χ4n) is 1.40. The topological polar surface area (TPSA) is 25.8 Å². The predicted octanol–water partition coefficient (Wildman–Crippen LogP) is 3.01. The summed E-state index contributed by atoms with van der Waals surface area (Å²) in [5.41, 5.74) is 0. The van der Waals surface area contributed by atoms with Gasteiger partial charge in [-0.1, -0.05) is 18.2 Å². The van der Waals surface area contributed by atoms with E-state index in [0.29, 0.717) is 5.02 Å². The van der Waals surface area contributed by atoms with E-state index in [1.54, 1.807) is 0 Å². The van der Waals surface area contributed by atoms with Crippen molar-refractivity contribution in [3.05, 3.63) is 40.3 Å². The van der Waals surface area contributed by atoms with Crippen LogP contribution >= 0.6 is 27.5 Å². The lowest BCUT2D eigenvalue weighted by Crippen LogP contribution is -2.83. The van der Waals surface area contributed by atoms with Crippen molar-refractivity contribution in [3.8, 4) is 5.75 Å². The van der Waals surface area contributed by atoms with Crippen molar-refractivity contribution in [1.29, 1.82) is 0 Å². The Labute approximate surface area is 116 Å². The standard InChI is InChI=1S/C13H17BrClNO/c1-2-7-16-8-3-4-9-17-13-6-5-11(15)10-12(13)14/h2,5-6,10,16H,1,3-4,7-9H2/p+1. The Kier molecular flexibility index (Phi) is 7.33. The number of ether oxygens (including phenoxy) is 1. The lowest BCUT2D eigenvalue weighted by molar-refractivity contribution is -0.646. The molecule has 0 aromatic heterocycles. The molecule has 0 aliphatic carbocycles. The molecule has 0 heterocycles. The first-order valence-corrected chi connectivity index (χ1v) is 6.91. The molecule has 1 aromatic rings. The fourth-order valence-corrected chi connectivity index (χ4v) is 2.20. The molecule has 0 aliphatic rings. The van der Waals surface area contributed by atoms with Gasteiger partial charge in [0, 0.05) is 5.02 Å². The van der Waals surface area contributed by atoms with Crippen molar-refractivity contribution in [2.24, 2.45) is 0 Å². The van der Waals surface area contributed by atoms with Crippen LogP contribution < -0.4 is 10.1 Å². The molecule has 0 saturated heterocycles. The van der Waals surface area contributed by atoms with Crippen LogP contribution in [0.1, 0.15) is 12.8 Å². The van der Waals surface area contributed by atoms with Crippen LogP contribution in [0.25, 0.3) is 0 Å². The molecule has 0 fully saturated rings. The first-order chi connectivity index (χ1) is 8.24. The van der Waals surface area contributed by atoms with Crippen molar-refractivity contribution in [3.63, 3.8) is 0 Å². The average Bonchev–Trinajstić information content (AvgIpc) is 2.30. The van der Waals surface area contributed by atoms with Crippen molar-refractivity contribution in [2.75, 3.05) is 19.7 Å².